The van der Waals surface area contributed by atoms with E-state index in [4.69, 9.17) is 0 Å². The Kier molecular flexibility index (Phi) is 1.11. The predicted molar refractivity (Wildman–Crippen MR) is 27.1 cm³/mol. The largest absolute Gasteiger partial charge is 0.846 e. The van der Waals surface area contributed by atoms with E-state index in [0.29, 0.717) is 0 Å². The number of nitrogens with zero attached hydrogens (tertiary/aromatic N) is 2. The van der Waals surface area contributed by atoms with Crippen LogP contribution >= 0.6 is 0 Å². The van der Waals surface area contributed by atoms with Crippen molar-refractivity contribution < 1.29 is 10.2 Å². The van der Waals surface area contributed by atoms with E-state index in [-0.39, 0.29) is 5.82 Å². The molecule has 0 aromatic carbocycles. The molecule has 0 aliphatic carbocycles. The van der Waals surface area contributed by atoms with Crippen LogP contribution in [0.25, 0.3) is 0 Å². The highest BCUT2D eigenvalue weighted by molar-refractivity contribution is 5.88. The summed E-state index contributed by atoms with van der Waals surface area (Å²) in [6, 6.07) is -1.51. The summed E-state index contributed by atoms with van der Waals surface area (Å²) in [6.45, 7) is 3.24. The smallest absolute Gasteiger partial charge is 0.124 e. The van der Waals surface area contributed by atoms with E-state index in [9.17, 15) is 10.2 Å². The lowest BCUT2D eigenvalue weighted by Gasteiger charge is -2.20. The standard InChI is InChI=1S/C4H5N3O2/c1-2-5-3(8)7-4(9)6-2/h1H2,(H3,5,6,7,8,9)/p-2. The van der Waals surface area contributed by atoms with E-state index in [0.717, 1.165) is 0 Å². The van der Waals surface area contributed by atoms with Crippen molar-refractivity contribution in [3.63, 3.8) is 0 Å². The van der Waals surface area contributed by atoms with Gasteiger partial charge in [0.05, 0.1) is 12.0 Å². The van der Waals surface area contributed by atoms with Gasteiger partial charge in [0.15, 0.2) is 0 Å². The maximum absolute atomic E-state index is 10.3. The van der Waals surface area contributed by atoms with Gasteiger partial charge in [-0.05, 0) is 0 Å². The summed E-state index contributed by atoms with van der Waals surface area (Å²) in [5, 5.41) is 22.6. The van der Waals surface area contributed by atoms with Gasteiger partial charge in [0, 0.05) is 0 Å². The Morgan fingerprint density at radius 2 is 2.00 bits per heavy atom. The first kappa shape index (κ1) is 5.61. The van der Waals surface area contributed by atoms with Crippen LogP contribution in [0.2, 0.25) is 0 Å². The molecule has 0 aromatic rings. The highest BCUT2D eigenvalue weighted by Gasteiger charge is 1.92. The van der Waals surface area contributed by atoms with E-state index in [1.54, 1.807) is 0 Å². The van der Waals surface area contributed by atoms with Crippen LogP contribution in [-0.4, -0.2) is 12.0 Å². The first-order valence-corrected chi connectivity index (χ1v) is 2.16. The van der Waals surface area contributed by atoms with Gasteiger partial charge < -0.3 is 15.5 Å². The van der Waals surface area contributed by atoms with Crippen molar-refractivity contribution >= 4 is 12.0 Å². The molecule has 1 aliphatic rings. The molecule has 0 unspecified atom stereocenters. The summed E-state index contributed by atoms with van der Waals surface area (Å²) in [6.07, 6.45) is 0. The molecule has 0 atom stereocenters. The second-order valence-corrected chi connectivity index (χ2v) is 1.38. The van der Waals surface area contributed by atoms with Crippen LogP contribution in [0.5, 0.6) is 0 Å². The van der Waals surface area contributed by atoms with E-state index in [1.165, 1.54) is 0 Å². The van der Waals surface area contributed by atoms with Gasteiger partial charge in [-0.15, -0.1) is 0 Å². The Morgan fingerprint density at radius 3 is 2.44 bits per heavy atom. The minimum atomic E-state index is -0.802. The molecule has 0 spiro atoms. The topological polar surface area (TPSA) is 82.9 Å². The van der Waals surface area contributed by atoms with E-state index >= 15 is 0 Å². The van der Waals surface area contributed by atoms with Gasteiger partial charge in [-0.2, -0.15) is 0 Å². The first-order chi connectivity index (χ1) is 4.18. The molecule has 1 N–H and O–H groups in total. The zero-order valence-electron chi connectivity index (χ0n) is 4.42. The molecule has 5 heteroatoms. The molecule has 0 saturated carbocycles. The number of hydrogen-bond donors (Lipinski definition) is 1. The average Bonchev–Trinajstić information content (AvgIpc) is 1.59. The summed E-state index contributed by atoms with van der Waals surface area (Å²) >= 11 is 0. The Morgan fingerprint density at radius 1 is 1.33 bits per heavy atom. The van der Waals surface area contributed by atoms with Gasteiger partial charge >= 0.3 is 0 Å². The van der Waals surface area contributed by atoms with Crippen molar-refractivity contribution in [2.24, 2.45) is 9.98 Å². The number of amidine groups is 2. The predicted octanol–water partition coefficient (Wildman–Crippen LogP) is -2.51. The van der Waals surface area contributed by atoms with Gasteiger partial charge in [0.1, 0.15) is 5.82 Å². The van der Waals surface area contributed by atoms with E-state index in [1.807, 2.05) is 0 Å². The second-order valence-electron chi connectivity index (χ2n) is 1.38. The molecule has 0 radical (unpaired) electrons. The maximum Gasteiger partial charge on any atom is 0.124 e. The van der Waals surface area contributed by atoms with Crippen LogP contribution in [0.3, 0.4) is 0 Å². The van der Waals surface area contributed by atoms with Crippen molar-refractivity contribution in [3.05, 3.63) is 12.4 Å². The lowest BCUT2D eigenvalue weighted by molar-refractivity contribution is -0.231. The summed E-state index contributed by atoms with van der Waals surface area (Å²) in [5.74, 6) is 0.0417. The molecule has 0 bridgehead atoms. The average molecular weight is 125 g/mol. The summed E-state index contributed by atoms with van der Waals surface area (Å²) < 4.78 is 0. The molecule has 0 fully saturated rings. The Labute approximate surface area is 51.1 Å². The van der Waals surface area contributed by atoms with Gasteiger partial charge in [-0.1, -0.05) is 6.58 Å². The van der Waals surface area contributed by atoms with Crippen molar-refractivity contribution in [2.45, 2.75) is 0 Å². The number of aliphatic imine (C=N–C) groups is 2. The zero-order chi connectivity index (χ0) is 6.85. The van der Waals surface area contributed by atoms with E-state index in [2.05, 4.69) is 21.9 Å². The fraction of sp³-hybridized carbons (Fsp3) is 0. The van der Waals surface area contributed by atoms with Crippen LogP contribution < -0.4 is 15.5 Å². The molecule has 48 valence electrons. The SMILES string of the molecule is C=C1N=C([O-])N=C([O-])N1. The number of hydrogen-bond acceptors (Lipinski definition) is 5. The third-order valence-corrected chi connectivity index (χ3v) is 0.679. The quantitative estimate of drug-likeness (QED) is 0.388. The Bertz CT molecular complexity index is 206. The summed E-state index contributed by atoms with van der Waals surface area (Å²) in [5.41, 5.74) is 0. The molecule has 5 nitrogen and oxygen atoms in total. The van der Waals surface area contributed by atoms with Crippen molar-refractivity contribution in [1.82, 2.24) is 5.32 Å². The van der Waals surface area contributed by atoms with Gasteiger partial charge in [0.2, 0.25) is 0 Å². The van der Waals surface area contributed by atoms with Crippen LogP contribution in [0.4, 0.5) is 0 Å². The molecular formula is C4H3N3O2-2. The van der Waals surface area contributed by atoms with Crippen molar-refractivity contribution in [2.75, 3.05) is 0 Å². The van der Waals surface area contributed by atoms with Gasteiger partial charge in [-0.25, -0.2) is 9.98 Å². The highest BCUT2D eigenvalue weighted by Crippen LogP contribution is 1.90. The van der Waals surface area contributed by atoms with Crippen LogP contribution in [0.1, 0.15) is 0 Å². The molecule has 9 heavy (non-hydrogen) atoms. The number of nitrogens with one attached hydrogen (secondary N) is 1. The molecular weight excluding hydrogens is 122 g/mol. The monoisotopic (exact) mass is 125 g/mol. The Hall–Kier alpha value is -1.52. The van der Waals surface area contributed by atoms with E-state index < -0.39 is 12.0 Å². The molecule has 1 heterocycles. The first-order valence-electron chi connectivity index (χ1n) is 2.16. The normalized spacial score (nSPS) is 18.0. The summed E-state index contributed by atoms with van der Waals surface area (Å²) in [4.78, 5) is 6.12. The minimum Gasteiger partial charge on any atom is -0.846 e. The summed E-state index contributed by atoms with van der Waals surface area (Å²) in [7, 11) is 0. The molecule has 1 aliphatic heterocycles. The van der Waals surface area contributed by atoms with Crippen LogP contribution in [0.15, 0.2) is 22.4 Å². The lowest BCUT2D eigenvalue weighted by atomic mass is 10.7. The second kappa shape index (κ2) is 1.77. The molecule has 0 amide bonds. The highest BCUT2D eigenvalue weighted by atomic mass is 16.3. The van der Waals surface area contributed by atoms with Crippen molar-refractivity contribution in [1.29, 1.82) is 0 Å². The fourth-order valence-electron chi connectivity index (χ4n) is 0.407. The minimum absolute atomic E-state index is 0.0417. The third-order valence-electron chi connectivity index (χ3n) is 0.679. The van der Waals surface area contributed by atoms with Crippen LogP contribution in [0, 0.1) is 0 Å². The molecule has 0 aromatic heterocycles. The number of rotatable bonds is 0. The van der Waals surface area contributed by atoms with Gasteiger partial charge in [-0.3, -0.25) is 0 Å². The fourth-order valence-corrected chi connectivity index (χ4v) is 0.407. The zero-order valence-corrected chi connectivity index (χ0v) is 4.42. The van der Waals surface area contributed by atoms with Gasteiger partial charge in [0.25, 0.3) is 0 Å². The maximum atomic E-state index is 10.3. The van der Waals surface area contributed by atoms with Crippen molar-refractivity contribution in [3.8, 4) is 0 Å². The molecule has 0 saturated heterocycles. The third kappa shape index (κ3) is 1.18. The Balaban J connectivity index is 2.86. The van der Waals surface area contributed by atoms with Crippen LogP contribution in [-0.2, 0) is 0 Å². The molecule has 1 rings (SSSR count). The lowest BCUT2D eigenvalue weighted by Crippen LogP contribution is -2.39.